The Labute approximate surface area is 183 Å². The van der Waals surface area contributed by atoms with Crippen molar-refractivity contribution in [3.8, 4) is 0 Å². The number of rotatable bonds is 5. The van der Waals surface area contributed by atoms with Crippen LogP contribution < -0.4 is 10.2 Å². The highest BCUT2D eigenvalue weighted by atomic mass is 19.1. The van der Waals surface area contributed by atoms with Gasteiger partial charge in [0.2, 0.25) is 0 Å². The van der Waals surface area contributed by atoms with E-state index >= 15 is 0 Å². The van der Waals surface area contributed by atoms with Crippen molar-refractivity contribution in [2.45, 2.75) is 13.0 Å². The van der Waals surface area contributed by atoms with E-state index in [1.807, 2.05) is 0 Å². The second kappa shape index (κ2) is 9.13. The molecule has 0 aliphatic carbocycles. The van der Waals surface area contributed by atoms with Gasteiger partial charge in [-0.15, -0.1) is 0 Å². The van der Waals surface area contributed by atoms with E-state index in [1.54, 1.807) is 41.3 Å². The quantitative estimate of drug-likeness (QED) is 0.595. The predicted octanol–water partition coefficient (Wildman–Crippen LogP) is 5.19. The Hall–Kier alpha value is -3.81. The highest BCUT2D eigenvalue weighted by molar-refractivity contribution is 6.08. The second-order valence-corrected chi connectivity index (χ2v) is 7.41. The van der Waals surface area contributed by atoms with Crippen LogP contribution in [-0.2, 0) is 6.54 Å². The maximum atomic E-state index is 14.0. The van der Waals surface area contributed by atoms with Gasteiger partial charge in [-0.2, -0.15) is 0 Å². The van der Waals surface area contributed by atoms with Crippen molar-refractivity contribution in [3.63, 3.8) is 0 Å². The number of hydrogen-bond acceptors (Lipinski definition) is 2. The van der Waals surface area contributed by atoms with Gasteiger partial charge in [0.15, 0.2) is 0 Å². The topological polar surface area (TPSA) is 52.7 Å². The molecule has 8 heteroatoms. The summed E-state index contributed by atoms with van der Waals surface area (Å²) in [6.45, 7) is 1.14. The lowest BCUT2D eigenvalue weighted by molar-refractivity contribution is 0.101. The van der Waals surface area contributed by atoms with Crippen LogP contribution >= 0.6 is 0 Å². The minimum Gasteiger partial charge on any atom is -0.320 e. The molecular formula is C24H20F3N3O2. The van der Waals surface area contributed by atoms with Crippen molar-refractivity contribution in [2.24, 2.45) is 0 Å². The van der Waals surface area contributed by atoms with Gasteiger partial charge in [0.25, 0.3) is 5.91 Å². The zero-order chi connectivity index (χ0) is 22.7. The molecule has 32 heavy (non-hydrogen) atoms. The van der Waals surface area contributed by atoms with Crippen molar-refractivity contribution in [3.05, 3.63) is 95.3 Å². The van der Waals surface area contributed by atoms with Gasteiger partial charge in [-0.25, -0.2) is 18.0 Å². The number of halogens is 3. The molecule has 0 aromatic heterocycles. The molecule has 0 atom stereocenters. The summed E-state index contributed by atoms with van der Waals surface area (Å²) in [4.78, 5) is 28.8. The van der Waals surface area contributed by atoms with E-state index < -0.39 is 23.1 Å². The van der Waals surface area contributed by atoms with Crippen molar-refractivity contribution >= 4 is 23.3 Å². The molecule has 0 spiro atoms. The Balaban J connectivity index is 1.57. The van der Waals surface area contributed by atoms with E-state index in [9.17, 15) is 22.8 Å². The van der Waals surface area contributed by atoms with Gasteiger partial charge in [-0.3, -0.25) is 9.69 Å². The van der Waals surface area contributed by atoms with Gasteiger partial charge >= 0.3 is 6.03 Å². The number of carbonyl (C=O) groups is 2. The monoisotopic (exact) mass is 439 g/mol. The third kappa shape index (κ3) is 4.44. The number of benzene rings is 3. The summed E-state index contributed by atoms with van der Waals surface area (Å²) in [6, 6.07) is 15.5. The summed E-state index contributed by atoms with van der Waals surface area (Å²) in [5.74, 6) is -3.28. The first-order chi connectivity index (χ1) is 15.4. The van der Waals surface area contributed by atoms with E-state index in [0.717, 1.165) is 12.1 Å². The molecule has 1 aliphatic heterocycles. The van der Waals surface area contributed by atoms with Gasteiger partial charge in [0.05, 0.1) is 11.4 Å². The maximum Gasteiger partial charge on any atom is 0.324 e. The number of nitrogens with zero attached hydrogens (tertiary/aromatic N) is 2. The lowest BCUT2D eigenvalue weighted by Gasteiger charge is -2.36. The first-order valence-electron chi connectivity index (χ1n) is 10.1. The van der Waals surface area contributed by atoms with E-state index in [-0.39, 0.29) is 24.1 Å². The van der Waals surface area contributed by atoms with Crippen LogP contribution in [0.25, 0.3) is 0 Å². The Morgan fingerprint density at radius 3 is 2.38 bits per heavy atom. The fraction of sp³-hybridized carbons (Fsp3) is 0.167. The summed E-state index contributed by atoms with van der Waals surface area (Å²) < 4.78 is 41.5. The summed E-state index contributed by atoms with van der Waals surface area (Å²) in [7, 11) is 0. The summed E-state index contributed by atoms with van der Waals surface area (Å²) in [5, 5.41) is 2.52. The van der Waals surface area contributed by atoms with Crippen LogP contribution in [0, 0.1) is 17.5 Å². The minimum atomic E-state index is -0.977. The Morgan fingerprint density at radius 1 is 0.906 bits per heavy atom. The summed E-state index contributed by atoms with van der Waals surface area (Å²) in [6.07, 6.45) is 0.658. The summed E-state index contributed by atoms with van der Waals surface area (Å²) in [5.41, 5.74) is 0.629. The molecule has 1 aliphatic rings. The van der Waals surface area contributed by atoms with Gasteiger partial charge in [0, 0.05) is 19.6 Å². The normalized spacial score (nSPS) is 13.9. The van der Waals surface area contributed by atoms with Crippen LogP contribution in [0.2, 0.25) is 0 Å². The van der Waals surface area contributed by atoms with Crippen molar-refractivity contribution in [1.82, 2.24) is 4.90 Å². The fourth-order valence-electron chi connectivity index (χ4n) is 3.72. The van der Waals surface area contributed by atoms with Crippen molar-refractivity contribution < 1.29 is 22.8 Å². The number of amides is 3. The number of hydrogen-bond donors (Lipinski definition) is 1. The lowest BCUT2D eigenvalue weighted by atomic mass is 10.1. The smallest absolute Gasteiger partial charge is 0.320 e. The average molecular weight is 439 g/mol. The minimum absolute atomic E-state index is 0.238. The fourth-order valence-corrected chi connectivity index (χ4v) is 3.72. The molecule has 0 bridgehead atoms. The predicted molar refractivity (Wildman–Crippen MR) is 115 cm³/mol. The molecule has 0 unspecified atom stereocenters. The molecule has 3 amide bonds. The number of carbonyl (C=O) groups excluding carboxylic acids is 2. The summed E-state index contributed by atoms with van der Waals surface area (Å²) >= 11 is 0. The first kappa shape index (κ1) is 21.4. The maximum absolute atomic E-state index is 14.0. The van der Waals surface area contributed by atoms with Crippen LogP contribution in [0.1, 0.15) is 22.3 Å². The average Bonchev–Trinajstić information content (AvgIpc) is 2.76. The van der Waals surface area contributed by atoms with Crippen LogP contribution in [0.4, 0.5) is 29.3 Å². The van der Waals surface area contributed by atoms with E-state index in [1.165, 1.54) is 23.1 Å². The van der Waals surface area contributed by atoms with Gasteiger partial charge in [0.1, 0.15) is 23.0 Å². The molecule has 1 N–H and O–H groups in total. The first-order valence-corrected chi connectivity index (χ1v) is 10.1. The third-order valence-electron chi connectivity index (χ3n) is 5.21. The third-order valence-corrected chi connectivity index (χ3v) is 5.21. The largest absolute Gasteiger partial charge is 0.324 e. The molecule has 4 rings (SSSR count). The Kier molecular flexibility index (Phi) is 6.11. The number of anilines is 2. The van der Waals surface area contributed by atoms with Crippen molar-refractivity contribution in [1.29, 1.82) is 0 Å². The van der Waals surface area contributed by atoms with Gasteiger partial charge in [-0.05, 0) is 48.4 Å². The lowest BCUT2D eigenvalue weighted by Crippen LogP contribution is -2.49. The zero-order valence-corrected chi connectivity index (χ0v) is 17.0. The zero-order valence-electron chi connectivity index (χ0n) is 17.0. The van der Waals surface area contributed by atoms with Crippen LogP contribution in [0.15, 0.2) is 66.7 Å². The standard InChI is InChI=1S/C24H20F3N3O2/c25-17-7-3-6-16(14-17)15-29-12-5-13-30(24(29)32)21-11-2-1-10-20(21)28-23(31)22-18(26)8-4-9-19(22)27/h1-4,6-11,14H,5,12-13,15H2,(H,28,31). The van der Waals surface area contributed by atoms with Gasteiger partial charge in [-0.1, -0.05) is 30.3 Å². The highest BCUT2D eigenvalue weighted by Gasteiger charge is 2.29. The highest BCUT2D eigenvalue weighted by Crippen LogP contribution is 2.30. The molecule has 0 saturated carbocycles. The van der Waals surface area contributed by atoms with Crippen LogP contribution in [-0.4, -0.2) is 29.9 Å². The van der Waals surface area contributed by atoms with E-state index in [2.05, 4.69) is 5.32 Å². The SMILES string of the molecule is O=C(Nc1ccccc1N1CCCN(Cc2cccc(F)c2)C1=O)c1c(F)cccc1F. The molecule has 3 aromatic rings. The molecule has 164 valence electrons. The number of nitrogens with one attached hydrogen (secondary N) is 1. The molecule has 5 nitrogen and oxygen atoms in total. The molecule has 1 fully saturated rings. The van der Waals surface area contributed by atoms with Gasteiger partial charge < -0.3 is 10.2 Å². The Bertz CT molecular complexity index is 1150. The van der Waals surface area contributed by atoms with E-state index in [4.69, 9.17) is 0 Å². The number of para-hydroxylation sites is 2. The molecule has 0 radical (unpaired) electrons. The molecule has 1 heterocycles. The van der Waals surface area contributed by atoms with E-state index in [0.29, 0.717) is 30.8 Å². The number of urea groups is 1. The van der Waals surface area contributed by atoms with Crippen LogP contribution in [0.5, 0.6) is 0 Å². The van der Waals surface area contributed by atoms with Crippen molar-refractivity contribution in [2.75, 3.05) is 23.3 Å². The van der Waals surface area contributed by atoms with Crippen LogP contribution in [0.3, 0.4) is 0 Å². The second-order valence-electron chi connectivity index (χ2n) is 7.41. The molecule has 3 aromatic carbocycles. The Morgan fingerprint density at radius 2 is 1.62 bits per heavy atom. The molecular weight excluding hydrogens is 419 g/mol. The molecule has 1 saturated heterocycles.